The van der Waals surface area contributed by atoms with E-state index < -0.39 is 21.9 Å². The van der Waals surface area contributed by atoms with Crippen molar-refractivity contribution < 1.29 is 22.7 Å². The zero-order valence-electron chi connectivity index (χ0n) is 15.9. The van der Waals surface area contributed by atoms with Crippen molar-refractivity contribution >= 4 is 32.5 Å². The Balaban J connectivity index is 1.97. The number of Topliss-reactive ketones (excluding diaryl/α,β-unsaturated/α-hetero) is 1. The first-order chi connectivity index (χ1) is 13.8. The van der Waals surface area contributed by atoms with Crippen LogP contribution in [0, 0.1) is 5.92 Å². The number of nitrogens with two attached hydrogens (primary N) is 1. The summed E-state index contributed by atoms with van der Waals surface area (Å²) in [6.45, 7) is 1.83. The average molecular weight is 411 g/mol. The maximum Gasteiger partial charge on any atom is 0.317 e. The summed E-state index contributed by atoms with van der Waals surface area (Å²) in [5, 5.41) is 6.78. The van der Waals surface area contributed by atoms with Gasteiger partial charge in [0.25, 0.3) is 0 Å². The van der Waals surface area contributed by atoms with Crippen molar-refractivity contribution in [3.05, 3.63) is 77.9 Å². The number of fused-ring (bicyclic) bond motifs is 1. The Labute approximate surface area is 169 Å². The summed E-state index contributed by atoms with van der Waals surface area (Å²) >= 11 is 0. The Kier molecular flexibility index (Phi) is 6.10. The molecule has 3 rings (SSSR count). The van der Waals surface area contributed by atoms with Gasteiger partial charge in [-0.2, -0.15) is 0 Å². The third kappa shape index (κ3) is 4.70. The third-order valence-corrected chi connectivity index (χ3v) is 5.56. The van der Waals surface area contributed by atoms with Gasteiger partial charge in [-0.3, -0.25) is 9.59 Å². The minimum atomic E-state index is -3.82. The van der Waals surface area contributed by atoms with E-state index in [4.69, 9.17) is 9.88 Å². The van der Waals surface area contributed by atoms with E-state index in [0.29, 0.717) is 11.1 Å². The monoisotopic (exact) mass is 411 g/mol. The molecule has 0 aliphatic rings. The molecular formula is C22H21NO5S. The topological polar surface area (TPSA) is 104 Å². The van der Waals surface area contributed by atoms with E-state index in [0.717, 1.165) is 10.8 Å². The highest BCUT2D eigenvalue weighted by molar-refractivity contribution is 7.89. The lowest BCUT2D eigenvalue weighted by Crippen LogP contribution is -2.28. The maximum atomic E-state index is 13.3. The molecule has 3 aromatic carbocycles. The number of benzene rings is 3. The fourth-order valence-electron chi connectivity index (χ4n) is 3.20. The number of ketones is 1. The Morgan fingerprint density at radius 2 is 1.62 bits per heavy atom. The van der Waals surface area contributed by atoms with Crippen molar-refractivity contribution in [3.63, 3.8) is 0 Å². The zero-order chi connectivity index (χ0) is 21.0. The lowest BCUT2D eigenvalue weighted by atomic mass is 9.89. The highest BCUT2D eigenvalue weighted by Crippen LogP contribution is 2.24. The fraction of sp³-hybridized carbons (Fsp3) is 0.182. The standard InChI is InChI=1S/C22H21NO5S/c1-2-28-22(25)20(14-15-10-12-17(13-11-15)29(23,26)27)21(24)19-9-5-7-16-6-3-4-8-18(16)19/h3-13,20H,2,14H2,1H3,(H2,23,26,27). The summed E-state index contributed by atoms with van der Waals surface area (Å²) in [6, 6.07) is 18.6. The van der Waals surface area contributed by atoms with Crippen LogP contribution in [0.25, 0.3) is 10.8 Å². The van der Waals surface area contributed by atoms with Crippen molar-refractivity contribution in [1.29, 1.82) is 0 Å². The molecule has 0 aliphatic heterocycles. The molecule has 150 valence electrons. The second kappa shape index (κ2) is 8.55. The molecule has 0 bridgehead atoms. The second-order valence-corrected chi connectivity index (χ2v) is 8.15. The summed E-state index contributed by atoms with van der Waals surface area (Å²) in [5.41, 5.74) is 1.08. The number of esters is 1. The molecule has 0 saturated carbocycles. The maximum absolute atomic E-state index is 13.3. The number of sulfonamides is 1. The minimum absolute atomic E-state index is 0.0330. The Morgan fingerprint density at radius 3 is 2.28 bits per heavy atom. The van der Waals surface area contributed by atoms with Crippen molar-refractivity contribution in [3.8, 4) is 0 Å². The number of primary sulfonamides is 1. The Bertz CT molecular complexity index is 1150. The largest absolute Gasteiger partial charge is 0.465 e. The third-order valence-electron chi connectivity index (χ3n) is 4.63. The van der Waals surface area contributed by atoms with E-state index >= 15 is 0 Å². The van der Waals surface area contributed by atoms with Gasteiger partial charge in [-0.25, -0.2) is 13.6 Å². The van der Waals surface area contributed by atoms with Gasteiger partial charge in [-0.05, 0) is 41.8 Å². The van der Waals surface area contributed by atoms with Crippen LogP contribution in [0.3, 0.4) is 0 Å². The van der Waals surface area contributed by atoms with Crippen molar-refractivity contribution in [2.45, 2.75) is 18.2 Å². The highest BCUT2D eigenvalue weighted by Gasteiger charge is 2.30. The SMILES string of the molecule is CCOC(=O)C(Cc1ccc(S(N)(=O)=O)cc1)C(=O)c1cccc2ccccc12. The first kappa shape index (κ1) is 20.7. The van der Waals surface area contributed by atoms with Crippen LogP contribution in [-0.2, 0) is 26.0 Å². The number of hydrogen-bond donors (Lipinski definition) is 1. The van der Waals surface area contributed by atoms with Crippen LogP contribution in [0.15, 0.2) is 71.6 Å². The summed E-state index contributed by atoms with van der Waals surface area (Å²) in [4.78, 5) is 25.8. The van der Waals surface area contributed by atoms with Crippen LogP contribution < -0.4 is 5.14 Å². The van der Waals surface area contributed by atoms with Crippen molar-refractivity contribution in [2.24, 2.45) is 11.1 Å². The summed E-state index contributed by atoms with van der Waals surface area (Å²) in [7, 11) is -3.82. The molecule has 3 aromatic rings. The Morgan fingerprint density at radius 1 is 0.966 bits per heavy atom. The van der Waals surface area contributed by atoms with Gasteiger partial charge in [0, 0.05) is 5.56 Å². The predicted molar refractivity (Wildman–Crippen MR) is 110 cm³/mol. The molecule has 1 atom stereocenters. The molecular weight excluding hydrogens is 390 g/mol. The second-order valence-electron chi connectivity index (χ2n) is 6.59. The van der Waals surface area contributed by atoms with E-state index in [1.165, 1.54) is 12.1 Å². The van der Waals surface area contributed by atoms with Gasteiger partial charge in [-0.1, -0.05) is 54.6 Å². The van der Waals surface area contributed by atoms with Gasteiger partial charge < -0.3 is 4.74 Å². The molecule has 0 radical (unpaired) electrons. The van der Waals surface area contributed by atoms with Gasteiger partial charge in [0.15, 0.2) is 5.78 Å². The van der Waals surface area contributed by atoms with Gasteiger partial charge >= 0.3 is 5.97 Å². The van der Waals surface area contributed by atoms with Crippen LogP contribution in [-0.4, -0.2) is 26.8 Å². The van der Waals surface area contributed by atoms with Crippen LogP contribution >= 0.6 is 0 Å². The first-order valence-corrected chi connectivity index (χ1v) is 10.7. The molecule has 1 unspecified atom stereocenters. The lowest BCUT2D eigenvalue weighted by Gasteiger charge is -2.16. The first-order valence-electron chi connectivity index (χ1n) is 9.11. The molecule has 0 spiro atoms. The molecule has 6 nitrogen and oxygen atoms in total. The van der Waals surface area contributed by atoms with E-state index in [1.807, 2.05) is 30.3 Å². The molecule has 0 saturated heterocycles. The van der Waals surface area contributed by atoms with Crippen molar-refractivity contribution in [2.75, 3.05) is 6.61 Å². The lowest BCUT2D eigenvalue weighted by molar-refractivity contribution is -0.146. The summed E-state index contributed by atoms with van der Waals surface area (Å²) in [6.07, 6.45) is 0.0891. The van der Waals surface area contributed by atoms with Gasteiger partial charge in [0.1, 0.15) is 5.92 Å². The molecule has 0 amide bonds. The molecule has 7 heteroatoms. The minimum Gasteiger partial charge on any atom is -0.465 e. The van der Waals surface area contributed by atoms with Crippen LogP contribution in [0.5, 0.6) is 0 Å². The fourth-order valence-corrected chi connectivity index (χ4v) is 3.72. The quantitative estimate of drug-likeness (QED) is 0.366. The van der Waals surface area contributed by atoms with Gasteiger partial charge in [-0.15, -0.1) is 0 Å². The number of carbonyl (C=O) groups excluding carboxylic acids is 2. The molecule has 0 aromatic heterocycles. The van der Waals surface area contributed by atoms with E-state index in [1.54, 1.807) is 31.2 Å². The Hall–Kier alpha value is -3.03. The van der Waals surface area contributed by atoms with E-state index in [-0.39, 0.29) is 23.7 Å². The normalized spacial score (nSPS) is 12.5. The number of hydrogen-bond acceptors (Lipinski definition) is 5. The smallest absolute Gasteiger partial charge is 0.317 e. The molecule has 2 N–H and O–H groups in total. The highest BCUT2D eigenvalue weighted by atomic mass is 32.2. The number of rotatable bonds is 7. The van der Waals surface area contributed by atoms with Gasteiger partial charge in [0.2, 0.25) is 10.0 Å². The van der Waals surface area contributed by atoms with Crippen LogP contribution in [0.2, 0.25) is 0 Å². The van der Waals surface area contributed by atoms with Crippen LogP contribution in [0.4, 0.5) is 0 Å². The molecule has 0 heterocycles. The van der Waals surface area contributed by atoms with Gasteiger partial charge in [0.05, 0.1) is 11.5 Å². The summed E-state index contributed by atoms with van der Waals surface area (Å²) in [5.74, 6) is -1.99. The predicted octanol–water partition coefficient (Wildman–Crippen LogP) is 3.09. The zero-order valence-corrected chi connectivity index (χ0v) is 16.7. The number of ether oxygens (including phenoxy) is 1. The number of carbonyl (C=O) groups is 2. The average Bonchev–Trinajstić information content (AvgIpc) is 2.71. The molecule has 29 heavy (non-hydrogen) atoms. The van der Waals surface area contributed by atoms with Crippen molar-refractivity contribution in [1.82, 2.24) is 0 Å². The van der Waals surface area contributed by atoms with Crippen LogP contribution in [0.1, 0.15) is 22.8 Å². The molecule has 0 fully saturated rings. The van der Waals surface area contributed by atoms with E-state index in [2.05, 4.69) is 0 Å². The van der Waals surface area contributed by atoms with E-state index in [9.17, 15) is 18.0 Å². The summed E-state index contributed by atoms with van der Waals surface area (Å²) < 4.78 is 28.0. The molecule has 0 aliphatic carbocycles.